The molecule has 0 atom stereocenters. The molecule has 6 heteroatoms. The number of rotatable bonds is 7. The Hall–Kier alpha value is -3.07. The van der Waals surface area contributed by atoms with Crippen LogP contribution in [0, 0.1) is 22.2 Å². The second-order valence-corrected chi connectivity index (χ2v) is 9.88. The van der Waals surface area contributed by atoms with Crippen LogP contribution in [0.25, 0.3) is 0 Å². The number of carbonyl (C=O) groups is 1. The Morgan fingerprint density at radius 2 is 1.88 bits per heavy atom. The van der Waals surface area contributed by atoms with E-state index in [-0.39, 0.29) is 28.9 Å². The van der Waals surface area contributed by atoms with Gasteiger partial charge in [0.05, 0.1) is 17.7 Å². The fraction of sp³-hybridized carbons (Fsp3) is 0.500. The molecule has 1 aliphatic carbocycles. The number of pyridine rings is 1. The van der Waals surface area contributed by atoms with Crippen LogP contribution in [0.1, 0.15) is 76.0 Å². The number of hydrogen-bond donors (Lipinski definition) is 1. The van der Waals surface area contributed by atoms with Crippen LogP contribution in [-0.2, 0) is 0 Å². The fourth-order valence-corrected chi connectivity index (χ4v) is 4.97. The number of hydrogen-bond acceptors (Lipinski definition) is 5. The summed E-state index contributed by atoms with van der Waals surface area (Å²) in [4.78, 5) is 17.3. The van der Waals surface area contributed by atoms with Gasteiger partial charge >= 0.3 is 0 Å². The number of ether oxygens (including phenoxy) is 2. The molecule has 1 fully saturated rings. The van der Waals surface area contributed by atoms with E-state index >= 15 is 0 Å². The molecule has 0 unspecified atom stereocenters. The zero-order valence-electron chi connectivity index (χ0n) is 20.0. The van der Waals surface area contributed by atoms with Crippen LogP contribution in [0.15, 0.2) is 36.5 Å². The van der Waals surface area contributed by atoms with Crippen LogP contribution in [-0.4, -0.2) is 29.6 Å². The Labute approximate surface area is 191 Å². The Morgan fingerprint density at radius 3 is 2.41 bits per heavy atom. The van der Waals surface area contributed by atoms with Crippen LogP contribution >= 0.6 is 0 Å². The quantitative estimate of drug-likeness (QED) is 0.655. The van der Waals surface area contributed by atoms with Crippen LogP contribution < -0.4 is 14.8 Å². The lowest BCUT2D eigenvalue weighted by molar-refractivity contribution is -0.164. The van der Waals surface area contributed by atoms with Gasteiger partial charge in [0.25, 0.3) is 5.91 Å². The predicted octanol–water partition coefficient (Wildman–Crippen LogP) is 5.09. The normalized spacial score (nSPS) is 20.7. The zero-order valence-corrected chi connectivity index (χ0v) is 20.0. The van der Waals surface area contributed by atoms with Crippen LogP contribution in [0.3, 0.4) is 0 Å². The number of benzene rings is 1. The summed E-state index contributed by atoms with van der Waals surface area (Å²) in [6, 6.07) is 11.1. The maximum atomic E-state index is 12.9. The number of nitrogens with one attached hydrogen (secondary N) is 1. The van der Waals surface area contributed by atoms with Gasteiger partial charge in [0, 0.05) is 34.8 Å². The average Bonchev–Trinajstić information content (AvgIpc) is 2.75. The number of amides is 1. The van der Waals surface area contributed by atoms with E-state index in [9.17, 15) is 10.1 Å². The molecule has 1 N–H and O–H groups in total. The van der Waals surface area contributed by atoms with Crippen molar-refractivity contribution in [1.82, 2.24) is 10.3 Å². The summed E-state index contributed by atoms with van der Waals surface area (Å²) in [6.45, 7) is 14.9. The van der Waals surface area contributed by atoms with E-state index in [1.54, 1.807) is 24.4 Å². The van der Waals surface area contributed by atoms with E-state index in [1.165, 1.54) is 0 Å². The second-order valence-electron chi connectivity index (χ2n) is 9.88. The maximum absolute atomic E-state index is 12.9. The lowest BCUT2D eigenvalue weighted by Gasteiger charge is -2.63. The summed E-state index contributed by atoms with van der Waals surface area (Å²) in [7, 11) is 0. The Morgan fingerprint density at radius 1 is 1.19 bits per heavy atom. The molecule has 3 rings (SSSR count). The molecule has 0 bridgehead atoms. The van der Waals surface area contributed by atoms with Crippen molar-refractivity contribution >= 4 is 5.91 Å². The van der Waals surface area contributed by atoms with Crippen molar-refractivity contribution in [3.8, 4) is 17.6 Å². The van der Waals surface area contributed by atoms with Gasteiger partial charge in [0.15, 0.2) is 0 Å². The van der Waals surface area contributed by atoms with Gasteiger partial charge in [-0.05, 0) is 37.1 Å². The molecule has 1 aliphatic rings. The molecule has 1 amide bonds. The first-order valence-corrected chi connectivity index (χ1v) is 11.1. The molecule has 32 heavy (non-hydrogen) atoms. The van der Waals surface area contributed by atoms with Gasteiger partial charge in [0.2, 0.25) is 0 Å². The van der Waals surface area contributed by atoms with Gasteiger partial charge in [-0.1, -0.05) is 41.5 Å². The lowest BCUT2D eigenvalue weighted by Crippen LogP contribution is -2.74. The largest absolute Gasteiger partial charge is 0.492 e. The molecule has 6 nitrogen and oxygen atoms in total. The van der Waals surface area contributed by atoms with E-state index in [2.05, 4.69) is 57.9 Å². The van der Waals surface area contributed by atoms with Crippen molar-refractivity contribution in [1.29, 1.82) is 5.26 Å². The molecule has 1 saturated carbocycles. The fourth-order valence-electron chi connectivity index (χ4n) is 4.97. The highest BCUT2D eigenvalue weighted by molar-refractivity contribution is 5.94. The van der Waals surface area contributed by atoms with Gasteiger partial charge in [-0.25, -0.2) is 0 Å². The lowest BCUT2D eigenvalue weighted by atomic mass is 9.49. The van der Waals surface area contributed by atoms with E-state index in [1.807, 2.05) is 19.1 Å². The Kier molecular flexibility index (Phi) is 6.50. The summed E-state index contributed by atoms with van der Waals surface area (Å²) in [5.74, 6) is 1.36. The topological polar surface area (TPSA) is 84.2 Å². The summed E-state index contributed by atoms with van der Waals surface area (Å²) >= 11 is 0. The Bertz CT molecular complexity index is 1000. The first kappa shape index (κ1) is 23.6. The van der Waals surface area contributed by atoms with Gasteiger partial charge < -0.3 is 14.8 Å². The number of nitriles is 1. The van der Waals surface area contributed by atoms with Crippen molar-refractivity contribution in [2.75, 3.05) is 6.61 Å². The standard InChI is InChI=1S/C26H33N3O3/c1-8-31-21-13-19(11-9-17(21)14-27)32-24-25(4,5)23(26(24,6)7)29-22(30)18-10-12-20(16(2)3)28-15-18/h9-13,15-16,23-24H,8H2,1-7H3,(H,29,30). The molecule has 0 spiro atoms. The van der Waals surface area contributed by atoms with Crippen molar-refractivity contribution in [3.05, 3.63) is 53.3 Å². The first-order valence-electron chi connectivity index (χ1n) is 11.1. The third-order valence-corrected chi connectivity index (χ3v) is 6.38. The monoisotopic (exact) mass is 435 g/mol. The van der Waals surface area contributed by atoms with Gasteiger partial charge in [-0.2, -0.15) is 5.26 Å². The maximum Gasteiger partial charge on any atom is 0.253 e. The van der Waals surface area contributed by atoms with Gasteiger partial charge in [-0.15, -0.1) is 0 Å². The number of aromatic nitrogens is 1. The molecule has 1 aromatic heterocycles. The Balaban J connectivity index is 1.75. The van der Waals surface area contributed by atoms with Gasteiger partial charge in [-0.3, -0.25) is 9.78 Å². The molecule has 1 heterocycles. The summed E-state index contributed by atoms with van der Waals surface area (Å²) in [5, 5.41) is 12.5. The smallest absolute Gasteiger partial charge is 0.253 e. The van der Waals surface area contributed by atoms with Gasteiger partial charge in [0.1, 0.15) is 23.7 Å². The highest BCUT2D eigenvalue weighted by Gasteiger charge is 2.64. The summed E-state index contributed by atoms with van der Waals surface area (Å²) in [6.07, 6.45) is 1.51. The minimum absolute atomic E-state index is 0.0815. The van der Waals surface area contributed by atoms with Crippen molar-refractivity contribution < 1.29 is 14.3 Å². The summed E-state index contributed by atoms with van der Waals surface area (Å²) in [5.41, 5.74) is 1.40. The van der Waals surface area contributed by atoms with Crippen LogP contribution in [0.4, 0.5) is 0 Å². The van der Waals surface area contributed by atoms with Crippen LogP contribution in [0.5, 0.6) is 11.5 Å². The predicted molar refractivity (Wildman–Crippen MR) is 124 cm³/mol. The zero-order chi connectivity index (χ0) is 23.7. The average molecular weight is 436 g/mol. The first-order chi connectivity index (χ1) is 15.0. The minimum atomic E-state index is -0.301. The van der Waals surface area contributed by atoms with E-state index in [0.29, 0.717) is 35.2 Å². The second kappa shape index (κ2) is 8.82. The summed E-state index contributed by atoms with van der Waals surface area (Å²) < 4.78 is 12.0. The molecule has 2 aromatic rings. The molecule has 0 saturated heterocycles. The van der Waals surface area contributed by atoms with E-state index in [0.717, 1.165) is 5.69 Å². The molecular weight excluding hydrogens is 402 g/mol. The highest BCUT2D eigenvalue weighted by Crippen LogP contribution is 2.55. The van der Waals surface area contributed by atoms with E-state index < -0.39 is 0 Å². The molecule has 0 radical (unpaired) electrons. The molecule has 0 aliphatic heterocycles. The SMILES string of the molecule is CCOc1cc(OC2C(C)(C)C(NC(=O)c3ccc(C(C)C)nc3)C2(C)C)ccc1C#N. The molecule has 170 valence electrons. The molecular formula is C26H33N3O3. The van der Waals surface area contributed by atoms with Crippen molar-refractivity contribution in [2.45, 2.75) is 66.5 Å². The van der Waals surface area contributed by atoms with E-state index in [4.69, 9.17) is 9.47 Å². The van der Waals surface area contributed by atoms with Crippen LogP contribution in [0.2, 0.25) is 0 Å². The third-order valence-electron chi connectivity index (χ3n) is 6.38. The highest BCUT2D eigenvalue weighted by atomic mass is 16.5. The van der Waals surface area contributed by atoms with Crippen molar-refractivity contribution in [3.63, 3.8) is 0 Å². The minimum Gasteiger partial charge on any atom is -0.492 e. The van der Waals surface area contributed by atoms with Crippen molar-refractivity contribution in [2.24, 2.45) is 10.8 Å². The molecule has 1 aromatic carbocycles. The third kappa shape index (κ3) is 4.29. The number of nitrogens with zero attached hydrogens (tertiary/aromatic N) is 2. The number of carbonyl (C=O) groups excluding carboxylic acids is 1.